The molecule has 2 heterocycles. The number of nitrogens with zero attached hydrogens (tertiary/aromatic N) is 3. The molecule has 0 spiro atoms. The maximum atomic E-state index is 12.2. The molecule has 1 aromatic rings. The summed E-state index contributed by atoms with van der Waals surface area (Å²) in [6, 6.07) is 1.65. The van der Waals surface area contributed by atoms with E-state index in [1.807, 2.05) is 0 Å². The second-order valence-corrected chi connectivity index (χ2v) is 6.17. The quantitative estimate of drug-likeness (QED) is 0.601. The molecule has 0 saturated carbocycles. The van der Waals surface area contributed by atoms with Crippen molar-refractivity contribution in [3.63, 3.8) is 0 Å². The summed E-state index contributed by atoms with van der Waals surface area (Å²) < 4.78 is 1.70. The number of amides is 1. The van der Waals surface area contributed by atoms with Gasteiger partial charge in [0.2, 0.25) is 0 Å². The molecular formula is C17H28N4O2. The highest BCUT2D eigenvalue weighted by atomic mass is 16.2. The molecule has 1 saturated heterocycles. The number of Topliss-reactive ketones (excluding diaryl/α,β-unsaturated/α-hetero) is 1. The Morgan fingerprint density at radius 1 is 1.17 bits per heavy atom. The Labute approximate surface area is 138 Å². The molecule has 1 aliphatic rings. The third-order valence-corrected chi connectivity index (χ3v) is 4.49. The van der Waals surface area contributed by atoms with Gasteiger partial charge < -0.3 is 19.7 Å². The molecule has 0 aromatic carbocycles. The van der Waals surface area contributed by atoms with Crippen LogP contribution >= 0.6 is 0 Å². The number of hydrogen-bond acceptors (Lipinski definition) is 4. The fourth-order valence-corrected chi connectivity index (χ4v) is 2.91. The predicted molar refractivity (Wildman–Crippen MR) is 90.9 cm³/mol. The van der Waals surface area contributed by atoms with Crippen molar-refractivity contribution in [3.05, 3.63) is 23.5 Å². The van der Waals surface area contributed by atoms with E-state index in [0.717, 1.165) is 45.7 Å². The Balaban J connectivity index is 1.70. The lowest BCUT2D eigenvalue weighted by Crippen LogP contribution is -2.46. The molecule has 0 radical (unpaired) electrons. The van der Waals surface area contributed by atoms with E-state index in [-0.39, 0.29) is 11.7 Å². The van der Waals surface area contributed by atoms with Gasteiger partial charge in [0, 0.05) is 51.5 Å². The first kappa shape index (κ1) is 17.7. The fraction of sp³-hybridized carbons (Fsp3) is 0.647. The van der Waals surface area contributed by atoms with Crippen molar-refractivity contribution >= 4 is 11.7 Å². The second kappa shape index (κ2) is 8.26. The zero-order valence-corrected chi connectivity index (χ0v) is 14.5. The number of piperazine rings is 1. The Hall–Kier alpha value is -1.66. The minimum absolute atomic E-state index is 0.0223. The van der Waals surface area contributed by atoms with Gasteiger partial charge in [-0.15, -0.1) is 0 Å². The van der Waals surface area contributed by atoms with Gasteiger partial charge in [-0.3, -0.25) is 9.59 Å². The van der Waals surface area contributed by atoms with Crippen LogP contribution in [0.25, 0.3) is 0 Å². The van der Waals surface area contributed by atoms with Crippen molar-refractivity contribution in [3.8, 4) is 0 Å². The smallest absolute Gasteiger partial charge is 0.267 e. The topological polar surface area (TPSA) is 57.6 Å². The first-order chi connectivity index (χ1) is 11.0. The summed E-state index contributed by atoms with van der Waals surface area (Å²) in [6.45, 7) is 11.0. The Bertz CT molecular complexity index is 545. The van der Waals surface area contributed by atoms with Crippen molar-refractivity contribution in [2.45, 2.75) is 20.3 Å². The van der Waals surface area contributed by atoms with E-state index < -0.39 is 0 Å². The zero-order valence-electron chi connectivity index (χ0n) is 14.5. The highest BCUT2D eigenvalue weighted by molar-refractivity contribution is 5.99. The second-order valence-electron chi connectivity index (χ2n) is 6.17. The van der Waals surface area contributed by atoms with Gasteiger partial charge in [-0.05, 0) is 32.5 Å². The summed E-state index contributed by atoms with van der Waals surface area (Å²) in [5.41, 5.74) is 1.11. The molecule has 0 unspecified atom stereocenters. The van der Waals surface area contributed by atoms with Gasteiger partial charge in [-0.2, -0.15) is 0 Å². The molecule has 23 heavy (non-hydrogen) atoms. The number of aromatic nitrogens is 1. The van der Waals surface area contributed by atoms with Crippen molar-refractivity contribution in [1.29, 1.82) is 0 Å². The molecule has 1 N–H and O–H groups in total. The number of nitrogens with one attached hydrogen (secondary N) is 1. The molecule has 1 fully saturated rings. The average molecular weight is 320 g/mol. The van der Waals surface area contributed by atoms with E-state index in [1.165, 1.54) is 6.92 Å². The van der Waals surface area contributed by atoms with Gasteiger partial charge in [-0.1, -0.05) is 6.92 Å². The lowest BCUT2D eigenvalue weighted by molar-refractivity contribution is 0.0940. The lowest BCUT2D eigenvalue weighted by atomic mass is 10.2. The maximum absolute atomic E-state index is 12.2. The van der Waals surface area contributed by atoms with Crippen LogP contribution in [-0.2, 0) is 7.05 Å². The van der Waals surface area contributed by atoms with Gasteiger partial charge in [0.25, 0.3) is 5.91 Å². The molecule has 6 heteroatoms. The van der Waals surface area contributed by atoms with Crippen LogP contribution < -0.4 is 5.32 Å². The standard InChI is InChI=1S/C17H28N4O2/c1-4-20-8-10-21(11-9-20)7-5-6-18-17(23)16-12-15(14(2)22)13-19(16)3/h12-13H,4-11H2,1-3H3,(H,18,23). The van der Waals surface area contributed by atoms with E-state index in [2.05, 4.69) is 22.0 Å². The van der Waals surface area contributed by atoms with Gasteiger partial charge in [-0.25, -0.2) is 0 Å². The summed E-state index contributed by atoms with van der Waals surface area (Å²) in [5, 5.41) is 2.94. The zero-order chi connectivity index (χ0) is 16.8. The monoisotopic (exact) mass is 320 g/mol. The van der Waals surface area contributed by atoms with E-state index >= 15 is 0 Å². The summed E-state index contributed by atoms with van der Waals surface area (Å²) >= 11 is 0. The molecule has 0 atom stereocenters. The number of ketones is 1. The predicted octanol–water partition coefficient (Wildman–Crippen LogP) is 0.985. The van der Waals surface area contributed by atoms with Gasteiger partial charge in [0.1, 0.15) is 5.69 Å². The average Bonchev–Trinajstić information content (AvgIpc) is 2.94. The summed E-state index contributed by atoms with van der Waals surface area (Å²) in [7, 11) is 1.79. The van der Waals surface area contributed by atoms with Crippen LogP contribution in [0, 0.1) is 0 Å². The van der Waals surface area contributed by atoms with Gasteiger partial charge in [0.15, 0.2) is 5.78 Å². The maximum Gasteiger partial charge on any atom is 0.267 e. The number of rotatable bonds is 7. The van der Waals surface area contributed by atoms with Crippen molar-refractivity contribution in [1.82, 2.24) is 19.7 Å². The van der Waals surface area contributed by atoms with E-state index in [1.54, 1.807) is 23.9 Å². The van der Waals surface area contributed by atoms with Crippen LogP contribution in [0.2, 0.25) is 0 Å². The van der Waals surface area contributed by atoms with Crippen molar-refractivity contribution in [2.75, 3.05) is 45.8 Å². The molecule has 1 amide bonds. The van der Waals surface area contributed by atoms with Crippen molar-refractivity contribution in [2.24, 2.45) is 7.05 Å². The molecule has 2 rings (SSSR count). The first-order valence-corrected chi connectivity index (χ1v) is 8.41. The van der Waals surface area contributed by atoms with Gasteiger partial charge in [0.05, 0.1) is 0 Å². The molecule has 1 aromatic heterocycles. The molecule has 6 nitrogen and oxygen atoms in total. The van der Waals surface area contributed by atoms with Crippen LogP contribution in [0.1, 0.15) is 41.1 Å². The molecule has 128 valence electrons. The van der Waals surface area contributed by atoms with Crippen LogP contribution in [-0.4, -0.2) is 71.9 Å². The minimum atomic E-state index is -0.115. The third-order valence-electron chi connectivity index (χ3n) is 4.49. The van der Waals surface area contributed by atoms with Crippen LogP contribution in [0.4, 0.5) is 0 Å². The number of likely N-dealkylation sites (N-methyl/N-ethyl adjacent to an activating group) is 1. The van der Waals surface area contributed by atoms with E-state index in [4.69, 9.17) is 0 Å². The number of carbonyl (C=O) groups is 2. The molecule has 0 aliphatic carbocycles. The lowest BCUT2D eigenvalue weighted by Gasteiger charge is -2.33. The third kappa shape index (κ3) is 4.91. The Morgan fingerprint density at radius 3 is 2.39 bits per heavy atom. The Kier molecular flexibility index (Phi) is 6.36. The molecule has 0 bridgehead atoms. The summed E-state index contributed by atoms with van der Waals surface area (Å²) in [6.07, 6.45) is 2.65. The summed E-state index contributed by atoms with van der Waals surface area (Å²) in [5.74, 6) is -0.137. The Morgan fingerprint density at radius 2 is 1.83 bits per heavy atom. The fourth-order valence-electron chi connectivity index (χ4n) is 2.91. The number of carbonyl (C=O) groups excluding carboxylic acids is 2. The molecular weight excluding hydrogens is 292 g/mol. The van der Waals surface area contributed by atoms with E-state index in [9.17, 15) is 9.59 Å². The van der Waals surface area contributed by atoms with Crippen molar-refractivity contribution < 1.29 is 9.59 Å². The highest BCUT2D eigenvalue weighted by Gasteiger charge is 2.16. The van der Waals surface area contributed by atoms with Gasteiger partial charge >= 0.3 is 0 Å². The largest absolute Gasteiger partial charge is 0.351 e. The molecule has 1 aliphatic heterocycles. The van der Waals surface area contributed by atoms with Crippen LogP contribution in [0.15, 0.2) is 12.3 Å². The minimum Gasteiger partial charge on any atom is -0.351 e. The van der Waals surface area contributed by atoms with Crippen LogP contribution in [0.3, 0.4) is 0 Å². The van der Waals surface area contributed by atoms with Crippen LogP contribution in [0.5, 0.6) is 0 Å². The highest BCUT2D eigenvalue weighted by Crippen LogP contribution is 2.08. The number of aryl methyl sites for hydroxylation is 1. The van der Waals surface area contributed by atoms with E-state index in [0.29, 0.717) is 17.8 Å². The summed E-state index contributed by atoms with van der Waals surface area (Å²) in [4.78, 5) is 28.4. The normalized spacial score (nSPS) is 16.5. The SMILES string of the molecule is CCN1CCN(CCCNC(=O)c2cc(C(C)=O)cn2C)CC1. The first-order valence-electron chi connectivity index (χ1n) is 8.41. The number of hydrogen-bond donors (Lipinski definition) is 1.